The standard InChI is InChI=1S/C15H21ClO2S/c1-13-7-9-15(10-8-13)19(18)12-14(17)6-4-2-3-5-11-16/h2,4,7-10,14,17H,3,5-6,11-12H2,1H3/b4-2+/t14-,19?/m1/s1. The first kappa shape index (κ1) is 16.4. The highest BCUT2D eigenvalue weighted by Gasteiger charge is 2.09. The van der Waals surface area contributed by atoms with E-state index in [0.717, 1.165) is 23.3 Å². The van der Waals surface area contributed by atoms with Crippen molar-refractivity contribution in [1.82, 2.24) is 0 Å². The van der Waals surface area contributed by atoms with Gasteiger partial charge in [-0.2, -0.15) is 0 Å². The molecular formula is C15H21ClO2S. The van der Waals surface area contributed by atoms with Crippen LogP contribution in [0, 0.1) is 6.92 Å². The third kappa shape index (κ3) is 6.90. The summed E-state index contributed by atoms with van der Waals surface area (Å²) in [6, 6.07) is 7.58. The lowest BCUT2D eigenvalue weighted by atomic mass is 10.2. The Morgan fingerprint density at radius 3 is 2.63 bits per heavy atom. The fourth-order valence-corrected chi connectivity index (χ4v) is 2.87. The van der Waals surface area contributed by atoms with Crippen molar-refractivity contribution < 1.29 is 9.32 Å². The van der Waals surface area contributed by atoms with E-state index >= 15 is 0 Å². The van der Waals surface area contributed by atoms with Gasteiger partial charge in [-0.3, -0.25) is 4.21 Å². The molecule has 0 saturated carbocycles. The summed E-state index contributed by atoms with van der Waals surface area (Å²) >= 11 is 5.57. The van der Waals surface area contributed by atoms with Crippen molar-refractivity contribution in [2.24, 2.45) is 0 Å². The van der Waals surface area contributed by atoms with Gasteiger partial charge in [-0.1, -0.05) is 29.8 Å². The maximum absolute atomic E-state index is 12.0. The molecule has 0 fully saturated rings. The van der Waals surface area contributed by atoms with Crippen molar-refractivity contribution in [2.45, 2.75) is 37.2 Å². The van der Waals surface area contributed by atoms with Gasteiger partial charge in [-0.05, 0) is 38.3 Å². The smallest absolute Gasteiger partial charge is 0.0693 e. The first-order valence-electron chi connectivity index (χ1n) is 6.47. The van der Waals surface area contributed by atoms with Gasteiger partial charge in [0.15, 0.2) is 0 Å². The third-order valence-corrected chi connectivity index (χ3v) is 4.46. The van der Waals surface area contributed by atoms with E-state index in [-0.39, 0.29) is 5.75 Å². The number of hydrogen-bond acceptors (Lipinski definition) is 2. The minimum absolute atomic E-state index is 0.281. The van der Waals surface area contributed by atoms with E-state index in [1.165, 1.54) is 0 Å². The molecular weight excluding hydrogens is 280 g/mol. The van der Waals surface area contributed by atoms with E-state index in [9.17, 15) is 9.32 Å². The van der Waals surface area contributed by atoms with Crippen molar-refractivity contribution in [3.63, 3.8) is 0 Å². The van der Waals surface area contributed by atoms with E-state index in [2.05, 4.69) is 0 Å². The van der Waals surface area contributed by atoms with E-state index in [1.54, 1.807) is 0 Å². The Morgan fingerprint density at radius 1 is 1.32 bits per heavy atom. The molecule has 0 spiro atoms. The van der Waals surface area contributed by atoms with Gasteiger partial charge in [0, 0.05) is 10.8 Å². The van der Waals surface area contributed by atoms with Gasteiger partial charge in [-0.25, -0.2) is 0 Å². The molecule has 0 saturated heterocycles. The molecule has 0 aliphatic carbocycles. The van der Waals surface area contributed by atoms with Crippen LogP contribution in [0.3, 0.4) is 0 Å². The van der Waals surface area contributed by atoms with Crippen LogP contribution >= 0.6 is 11.6 Å². The van der Waals surface area contributed by atoms with Gasteiger partial charge in [0.25, 0.3) is 0 Å². The molecule has 0 amide bonds. The Bertz CT molecular complexity index is 415. The summed E-state index contributed by atoms with van der Waals surface area (Å²) in [5, 5.41) is 9.82. The van der Waals surface area contributed by atoms with E-state index in [1.807, 2.05) is 43.3 Å². The maximum Gasteiger partial charge on any atom is 0.0693 e. The fourth-order valence-electron chi connectivity index (χ4n) is 1.60. The second-order valence-corrected chi connectivity index (χ2v) is 6.39. The topological polar surface area (TPSA) is 37.3 Å². The third-order valence-electron chi connectivity index (χ3n) is 2.71. The number of aliphatic hydroxyl groups excluding tert-OH is 1. The molecule has 0 bridgehead atoms. The Hall–Kier alpha value is -0.640. The molecule has 0 heterocycles. The number of allylic oxidation sites excluding steroid dienone is 1. The summed E-state index contributed by atoms with van der Waals surface area (Å²) in [6.45, 7) is 1.99. The van der Waals surface area contributed by atoms with Crippen LogP contribution < -0.4 is 0 Å². The van der Waals surface area contributed by atoms with Crippen LogP contribution in [0.25, 0.3) is 0 Å². The highest BCUT2D eigenvalue weighted by Crippen LogP contribution is 2.10. The van der Waals surface area contributed by atoms with E-state index < -0.39 is 16.9 Å². The number of hydrogen-bond donors (Lipinski definition) is 1. The number of rotatable bonds is 8. The predicted octanol–water partition coefficient (Wildman–Crippen LogP) is 3.43. The molecule has 1 N–H and O–H groups in total. The Kier molecular flexibility index (Phi) is 8.03. The number of benzene rings is 1. The lowest BCUT2D eigenvalue weighted by Crippen LogP contribution is -2.15. The van der Waals surface area contributed by atoms with Crippen LogP contribution in [0.5, 0.6) is 0 Å². The zero-order chi connectivity index (χ0) is 14.1. The first-order valence-corrected chi connectivity index (χ1v) is 8.33. The fraction of sp³-hybridized carbons (Fsp3) is 0.467. The Morgan fingerprint density at radius 2 is 2.00 bits per heavy atom. The van der Waals surface area contributed by atoms with Gasteiger partial charge in [0.05, 0.1) is 22.7 Å². The van der Waals surface area contributed by atoms with Gasteiger partial charge in [-0.15, -0.1) is 11.6 Å². The highest BCUT2D eigenvalue weighted by atomic mass is 35.5. The average molecular weight is 301 g/mol. The van der Waals surface area contributed by atoms with E-state index in [0.29, 0.717) is 12.3 Å². The highest BCUT2D eigenvalue weighted by molar-refractivity contribution is 7.85. The predicted molar refractivity (Wildman–Crippen MR) is 82.2 cm³/mol. The van der Waals surface area contributed by atoms with E-state index in [4.69, 9.17) is 11.6 Å². The van der Waals surface area contributed by atoms with Crippen LogP contribution in [0.2, 0.25) is 0 Å². The quantitative estimate of drug-likeness (QED) is 0.454. The summed E-state index contributed by atoms with van der Waals surface area (Å²) in [5.74, 6) is 0.938. The van der Waals surface area contributed by atoms with Crippen molar-refractivity contribution in [3.05, 3.63) is 42.0 Å². The minimum Gasteiger partial charge on any atom is -0.392 e. The second-order valence-electron chi connectivity index (χ2n) is 4.52. The minimum atomic E-state index is -1.14. The van der Waals surface area contributed by atoms with Crippen LogP contribution in [-0.4, -0.2) is 27.1 Å². The zero-order valence-electron chi connectivity index (χ0n) is 11.2. The molecule has 1 aromatic carbocycles. The molecule has 19 heavy (non-hydrogen) atoms. The first-order chi connectivity index (χ1) is 9.13. The number of aliphatic hydroxyl groups is 1. The lowest BCUT2D eigenvalue weighted by molar-refractivity contribution is 0.202. The molecule has 0 aliphatic heterocycles. The number of unbranched alkanes of at least 4 members (excludes halogenated alkanes) is 1. The molecule has 106 valence electrons. The van der Waals surface area contributed by atoms with Crippen LogP contribution in [0.1, 0.15) is 24.8 Å². The molecule has 2 nitrogen and oxygen atoms in total. The van der Waals surface area contributed by atoms with Gasteiger partial charge in [0.1, 0.15) is 0 Å². The van der Waals surface area contributed by atoms with Crippen LogP contribution in [0.15, 0.2) is 41.3 Å². The van der Waals surface area contributed by atoms with Gasteiger partial charge in [0.2, 0.25) is 0 Å². The molecule has 2 atom stereocenters. The molecule has 4 heteroatoms. The lowest BCUT2D eigenvalue weighted by Gasteiger charge is -2.08. The van der Waals surface area contributed by atoms with Gasteiger partial charge >= 0.3 is 0 Å². The largest absolute Gasteiger partial charge is 0.392 e. The van der Waals surface area contributed by atoms with Crippen LogP contribution in [-0.2, 0) is 10.8 Å². The average Bonchev–Trinajstić information content (AvgIpc) is 2.39. The SMILES string of the molecule is Cc1ccc(S(=O)C[C@H](O)C/C=C/CCCCl)cc1. The summed E-state index contributed by atoms with van der Waals surface area (Å²) in [6.07, 6.45) is 5.80. The summed E-state index contributed by atoms with van der Waals surface area (Å²) in [7, 11) is -1.14. The maximum atomic E-state index is 12.0. The normalized spacial score (nSPS) is 14.7. The molecule has 1 aromatic rings. The second kappa shape index (κ2) is 9.29. The summed E-state index contributed by atoms with van der Waals surface area (Å²) in [5.41, 5.74) is 1.14. The molecule has 1 unspecified atom stereocenters. The number of aryl methyl sites for hydroxylation is 1. The summed E-state index contributed by atoms with van der Waals surface area (Å²) in [4.78, 5) is 0.774. The van der Waals surface area contributed by atoms with Crippen molar-refractivity contribution in [1.29, 1.82) is 0 Å². The monoisotopic (exact) mass is 300 g/mol. The van der Waals surface area contributed by atoms with Crippen molar-refractivity contribution >= 4 is 22.4 Å². The molecule has 0 aromatic heterocycles. The number of halogens is 1. The Labute approximate surface area is 122 Å². The number of alkyl halides is 1. The molecule has 0 radical (unpaired) electrons. The van der Waals surface area contributed by atoms with Crippen molar-refractivity contribution in [3.8, 4) is 0 Å². The van der Waals surface area contributed by atoms with Crippen molar-refractivity contribution in [2.75, 3.05) is 11.6 Å². The van der Waals surface area contributed by atoms with Crippen LogP contribution in [0.4, 0.5) is 0 Å². The molecule has 0 aliphatic rings. The molecule has 1 rings (SSSR count). The summed E-state index contributed by atoms with van der Waals surface area (Å²) < 4.78 is 12.0. The Balaban J connectivity index is 2.35. The van der Waals surface area contributed by atoms with Gasteiger partial charge < -0.3 is 5.11 Å². The zero-order valence-corrected chi connectivity index (χ0v) is 12.8.